The maximum absolute atomic E-state index is 8.81. The number of anilines is 2. The van der Waals surface area contributed by atoms with Gasteiger partial charge in [0.2, 0.25) is 0 Å². The minimum Gasteiger partial charge on any atom is -0.355 e. The molecule has 0 saturated heterocycles. The number of hydrogen-bond donors (Lipinski definition) is 1. The molecule has 18 heavy (non-hydrogen) atoms. The van der Waals surface area contributed by atoms with Gasteiger partial charge in [0.15, 0.2) is 0 Å². The van der Waals surface area contributed by atoms with E-state index in [2.05, 4.69) is 11.4 Å². The lowest BCUT2D eigenvalue weighted by atomic mass is 10.2. The summed E-state index contributed by atoms with van der Waals surface area (Å²) in [5.74, 6) is 0. The van der Waals surface area contributed by atoms with Crippen LogP contribution in [0.2, 0.25) is 5.02 Å². The second kappa shape index (κ2) is 5.23. The molecule has 0 unspecified atom stereocenters. The molecule has 0 saturated carbocycles. The molecule has 0 aliphatic carbocycles. The number of halogens is 1. The Kier molecular flexibility index (Phi) is 3.48. The average molecular weight is 254 g/mol. The van der Waals surface area contributed by atoms with Gasteiger partial charge in [-0.25, -0.2) is 0 Å². The highest BCUT2D eigenvalue weighted by Crippen LogP contribution is 2.23. The number of nitrogens with one attached hydrogen (secondary N) is 1. The van der Waals surface area contributed by atoms with Gasteiger partial charge in [-0.2, -0.15) is 10.5 Å². The predicted octanol–water partition coefficient (Wildman–Crippen LogP) is 3.83. The van der Waals surface area contributed by atoms with Crippen molar-refractivity contribution in [3.8, 4) is 12.1 Å². The predicted molar refractivity (Wildman–Crippen MR) is 70.6 cm³/mol. The quantitative estimate of drug-likeness (QED) is 0.885. The number of nitrogens with zero attached hydrogens (tertiary/aromatic N) is 2. The largest absolute Gasteiger partial charge is 0.355 e. The molecule has 0 fully saturated rings. The third-order valence-electron chi connectivity index (χ3n) is 2.37. The van der Waals surface area contributed by atoms with Gasteiger partial charge >= 0.3 is 0 Å². The van der Waals surface area contributed by atoms with Crippen molar-refractivity contribution in [2.75, 3.05) is 5.32 Å². The third-order valence-corrected chi connectivity index (χ3v) is 2.68. The van der Waals surface area contributed by atoms with E-state index < -0.39 is 0 Å². The van der Waals surface area contributed by atoms with Crippen molar-refractivity contribution < 1.29 is 0 Å². The molecule has 0 aliphatic heterocycles. The third kappa shape index (κ3) is 2.60. The number of rotatable bonds is 2. The average Bonchev–Trinajstić information content (AvgIpc) is 2.39. The molecule has 0 atom stereocenters. The lowest BCUT2D eigenvalue weighted by Gasteiger charge is -2.07. The highest BCUT2D eigenvalue weighted by molar-refractivity contribution is 6.32. The molecule has 2 aromatic rings. The number of nitriles is 2. The monoisotopic (exact) mass is 253 g/mol. The van der Waals surface area contributed by atoms with E-state index in [0.717, 1.165) is 11.4 Å². The first kappa shape index (κ1) is 12.0. The van der Waals surface area contributed by atoms with Gasteiger partial charge in [-0.3, -0.25) is 0 Å². The Balaban J connectivity index is 2.27. The molecule has 0 spiro atoms. The summed E-state index contributed by atoms with van der Waals surface area (Å²) in [4.78, 5) is 0. The van der Waals surface area contributed by atoms with E-state index in [4.69, 9.17) is 22.1 Å². The highest BCUT2D eigenvalue weighted by atomic mass is 35.5. The molecule has 2 rings (SSSR count). The number of benzene rings is 2. The van der Waals surface area contributed by atoms with E-state index >= 15 is 0 Å². The summed E-state index contributed by atoms with van der Waals surface area (Å²) in [5.41, 5.74) is 2.59. The molecule has 2 aromatic carbocycles. The SMILES string of the molecule is N#Cc1cccc(Nc2ccc(C#N)c(Cl)c2)c1. The van der Waals surface area contributed by atoms with Crippen molar-refractivity contribution in [2.24, 2.45) is 0 Å². The fraction of sp³-hybridized carbons (Fsp3) is 0. The van der Waals surface area contributed by atoms with Gasteiger partial charge < -0.3 is 5.32 Å². The van der Waals surface area contributed by atoms with Gasteiger partial charge in [0.25, 0.3) is 0 Å². The standard InChI is InChI=1S/C14H8ClN3/c15-14-7-13(5-4-11(14)9-17)18-12-3-1-2-10(6-12)8-16/h1-7,18H. The Labute approximate surface area is 110 Å². The van der Waals surface area contributed by atoms with E-state index in [1.165, 1.54) is 0 Å². The molecule has 1 N–H and O–H groups in total. The first-order valence-electron chi connectivity index (χ1n) is 5.20. The molecular weight excluding hydrogens is 246 g/mol. The van der Waals surface area contributed by atoms with Crippen molar-refractivity contribution in [1.82, 2.24) is 0 Å². The Bertz CT molecular complexity index is 665. The van der Waals surface area contributed by atoms with Crippen LogP contribution in [0.25, 0.3) is 0 Å². The molecular formula is C14H8ClN3. The van der Waals surface area contributed by atoms with Gasteiger partial charge in [0, 0.05) is 11.4 Å². The van der Waals surface area contributed by atoms with Crippen LogP contribution in [0.4, 0.5) is 11.4 Å². The summed E-state index contributed by atoms with van der Waals surface area (Å²) in [6.45, 7) is 0. The van der Waals surface area contributed by atoms with Crippen LogP contribution in [0.3, 0.4) is 0 Å². The molecule has 0 radical (unpaired) electrons. The topological polar surface area (TPSA) is 59.6 Å². The zero-order valence-corrected chi connectivity index (χ0v) is 10.1. The maximum Gasteiger partial charge on any atom is 0.101 e. The zero-order chi connectivity index (χ0) is 13.0. The van der Waals surface area contributed by atoms with Crippen LogP contribution in [-0.2, 0) is 0 Å². The lowest BCUT2D eigenvalue weighted by Crippen LogP contribution is -1.91. The van der Waals surface area contributed by atoms with Crippen LogP contribution in [0.15, 0.2) is 42.5 Å². The van der Waals surface area contributed by atoms with E-state index in [1.807, 2.05) is 12.1 Å². The Morgan fingerprint density at radius 1 is 0.944 bits per heavy atom. The van der Waals surface area contributed by atoms with Gasteiger partial charge in [-0.05, 0) is 36.4 Å². The first-order valence-corrected chi connectivity index (χ1v) is 5.57. The Morgan fingerprint density at radius 2 is 1.72 bits per heavy atom. The van der Waals surface area contributed by atoms with Crippen LogP contribution >= 0.6 is 11.6 Å². The van der Waals surface area contributed by atoms with E-state index in [-0.39, 0.29) is 0 Å². The Hall–Kier alpha value is -2.49. The summed E-state index contributed by atoms with van der Waals surface area (Å²) in [6.07, 6.45) is 0. The summed E-state index contributed by atoms with van der Waals surface area (Å²) in [7, 11) is 0. The van der Waals surface area contributed by atoms with Crippen LogP contribution in [0.5, 0.6) is 0 Å². The fourth-order valence-electron chi connectivity index (χ4n) is 1.52. The minimum absolute atomic E-state index is 0.402. The van der Waals surface area contributed by atoms with Crippen LogP contribution in [0.1, 0.15) is 11.1 Å². The van der Waals surface area contributed by atoms with E-state index in [0.29, 0.717) is 16.1 Å². The van der Waals surface area contributed by atoms with Crippen molar-refractivity contribution in [3.05, 3.63) is 58.6 Å². The van der Waals surface area contributed by atoms with Crippen molar-refractivity contribution in [1.29, 1.82) is 10.5 Å². The number of hydrogen-bond acceptors (Lipinski definition) is 3. The van der Waals surface area contributed by atoms with Crippen LogP contribution < -0.4 is 5.32 Å². The van der Waals surface area contributed by atoms with Gasteiger partial charge in [0.05, 0.1) is 22.2 Å². The molecule has 0 aliphatic rings. The lowest BCUT2D eigenvalue weighted by molar-refractivity contribution is 1.46. The molecule has 3 nitrogen and oxygen atoms in total. The van der Waals surface area contributed by atoms with Crippen molar-refractivity contribution in [3.63, 3.8) is 0 Å². The normalized spacial score (nSPS) is 9.28. The smallest absolute Gasteiger partial charge is 0.101 e. The van der Waals surface area contributed by atoms with E-state index in [1.54, 1.807) is 36.4 Å². The summed E-state index contributed by atoms with van der Waals surface area (Å²) in [6, 6.07) is 16.3. The molecule has 0 heterocycles. The fourth-order valence-corrected chi connectivity index (χ4v) is 1.74. The molecule has 4 heteroatoms. The zero-order valence-electron chi connectivity index (χ0n) is 9.31. The first-order chi connectivity index (χ1) is 8.72. The van der Waals surface area contributed by atoms with Gasteiger partial charge in [-0.1, -0.05) is 17.7 Å². The Morgan fingerprint density at radius 3 is 2.39 bits per heavy atom. The van der Waals surface area contributed by atoms with E-state index in [9.17, 15) is 0 Å². The molecule has 0 amide bonds. The van der Waals surface area contributed by atoms with Gasteiger partial charge in [-0.15, -0.1) is 0 Å². The second-order valence-electron chi connectivity index (χ2n) is 3.62. The summed E-state index contributed by atoms with van der Waals surface area (Å²) < 4.78 is 0. The minimum atomic E-state index is 0.402. The van der Waals surface area contributed by atoms with Crippen molar-refractivity contribution in [2.45, 2.75) is 0 Å². The molecule has 0 bridgehead atoms. The second-order valence-corrected chi connectivity index (χ2v) is 4.03. The maximum atomic E-state index is 8.81. The summed E-state index contributed by atoms with van der Waals surface area (Å²) in [5, 5.41) is 21.1. The molecule has 86 valence electrons. The summed E-state index contributed by atoms with van der Waals surface area (Å²) >= 11 is 5.94. The van der Waals surface area contributed by atoms with Crippen LogP contribution in [0, 0.1) is 22.7 Å². The van der Waals surface area contributed by atoms with Crippen molar-refractivity contribution >= 4 is 23.0 Å². The van der Waals surface area contributed by atoms with Gasteiger partial charge in [0.1, 0.15) is 6.07 Å². The highest BCUT2D eigenvalue weighted by Gasteiger charge is 2.01. The van der Waals surface area contributed by atoms with Crippen LogP contribution in [-0.4, -0.2) is 0 Å². The molecule has 0 aromatic heterocycles.